The van der Waals surface area contributed by atoms with Crippen LogP contribution in [0.4, 0.5) is 0 Å². The molecule has 0 radical (unpaired) electrons. The van der Waals surface area contributed by atoms with Crippen molar-refractivity contribution >= 4 is 10.9 Å². The van der Waals surface area contributed by atoms with Crippen LogP contribution in [0, 0.1) is 6.92 Å². The van der Waals surface area contributed by atoms with Gasteiger partial charge in [0.2, 0.25) is 0 Å². The lowest BCUT2D eigenvalue weighted by Gasteiger charge is -2.07. The molecule has 0 aliphatic rings. The second-order valence-corrected chi connectivity index (χ2v) is 4.74. The van der Waals surface area contributed by atoms with Gasteiger partial charge in [-0.15, -0.1) is 0 Å². The van der Waals surface area contributed by atoms with Crippen LogP contribution in [0.1, 0.15) is 17.7 Å². The van der Waals surface area contributed by atoms with Crippen molar-refractivity contribution in [1.29, 1.82) is 0 Å². The SMILES string of the molecule is Cc1cccc2cc(CCCN(C)C)[nH]c12. The van der Waals surface area contributed by atoms with E-state index >= 15 is 0 Å². The Bertz CT molecular complexity index is 469. The Morgan fingerprint density at radius 3 is 2.75 bits per heavy atom. The van der Waals surface area contributed by atoms with Gasteiger partial charge in [0.15, 0.2) is 0 Å². The number of aromatic nitrogens is 1. The van der Waals surface area contributed by atoms with Crippen LogP contribution in [-0.2, 0) is 6.42 Å². The van der Waals surface area contributed by atoms with Gasteiger partial charge in [-0.05, 0) is 57.4 Å². The van der Waals surface area contributed by atoms with Crippen LogP contribution in [0.5, 0.6) is 0 Å². The van der Waals surface area contributed by atoms with Crippen molar-refractivity contribution < 1.29 is 0 Å². The van der Waals surface area contributed by atoms with Crippen LogP contribution in [0.25, 0.3) is 10.9 Å². The highest BCUT2D eigenvalue weighted by molar-refractivity contribution is 5.83. The van der Waals surface area contributed by atoms with E-state index in [2.05, 4.69) is 55.2 Å². The largest absolute Gasteiger partial charge is 0.358 e. The number of para-hydroxylation sites is 1. The van der Waals surface area contributed by atoms with E-state index in [1.54, 1.807) is 0 Å². The molecule has 0 unspecified atom stereocenters. The summed E-state index contributed by atoms with van der Waals surface area (Å²) in [7, 11) is 4.24. The molecule has 0 fully saturated rings. The number of hydrogen-bond acceptors (Lipinski definition) is 1. The first-order chi connectivity index (χ1) is 7.66. The number of nitrogens with zero attached hydrogens (tertiary/aromatic N) is 1. The Kier molecular flexibility index (Phi) is 3.30. The van der Waals surface area contributed by atoms with Gasteiger partial charge in [0.25, 0.3) is 0 Å². The van der Waals surface area contributed by atoms with Gasteiger partial charge in [0.05, 0.1) is 0 Å². The van der Waals surface area contributed by atoms with Crippen molar-refractivity contribution in [2.24, 2.45) is 0 Å². The summed E-state index contributed by atoms with van der Waals surface area (Å²) in [6.07, 6.45) is 2.34. The zero-order valence-electron chi connectivity index (χ0n) is 10.4. The summed E-state index contributed by atoms with van der Waals surface area (Å²) in [4.78, 5) is 5.75. The fourth-order valence-corrected chi connectivity index (χ4v) is 2.09. The van der Waals surface area contributed by atoms with Crippen LogP contribution >= 0.6 is 0 Å². The van der Waals surface area contributed by atoms with Gasteiger partial charge in [0.1, 0.15) is 0 Å². The second-order valence-electron chi connectivity index (χ2n) is 4.74. The molecule has 0 bridgehead atoms. The highest BCUT2D eigenvalue weighted by Crippen LogP contribution is 2.19. The fraction of sp³-hybridized carbons (Fsp3) is 0.429. The van der Waals surface area contributed by atoms with E-state index in [1.165, 1.54) is 28.6 Å². The standard InChI is InChI=1S/C14H20N2/c1-11-6-4-7-12-10-13(15-14(11)12)8-5-9-16(2)3/h4,6-7,10,15H,5,8-9H2,1-3H3. The lowest BCUT2D eigenvalue weighted by molar-refractivity contribution is 0.400. The number of aromatic amines is 1. The first-order valence-corrected chi connectivity index (χ1v) is 5.89. The summed E-state index contributed by atoms with van der Waals surface area (Å²) < 4.78 is 0. The normalized spacial score (nSPS) is 11.5. The Balaban J connectivity index is 2.11. The lowest BCUT2D eigenvalue weighted by Crippen LogP contribution is -2.13. The number of hydrogen-bond donors (Lipinski definition) is 1. The number of fused-ring (bicyclic) bond motifs is 1. The lowest BCUT2D eigenvalue weighted by atomic mass is 10.1. The molecule has 16 heavy (non-hydrogen) atoms. The molecule has 0 saturated heterocycles. The third kappa shape index (κ3) is 2.45. The van der Waals surface area contributed by atoms with Crippen LogP contribution in [0.3, 0.4) is 0 Å². The summed E-state index contributed by atoms with van der Waals surface area (Å²) >= 11 is 0. The Morgan fingerprint density at radius 2 is 2.06 bits per heavy atom. The van der Waals surface area contributed by atoms with Crippen molar-refractivity contribution in [3.63, 3.8) is 0 Å². The van der Waals surface area contributed by atoms with E-state index in [9.17, 15) is 0 Å². The average Bonchev–Trinajstić information content (AvgIpc) is 2.61. The number of aryl methyl sites for hydroxylation is 2. The Hall–Kier alpha value is -1.28. The maximum absolute atomic E-state index is 3.52. The molecule has 0 aliphatic heterocycles. The van der Waals surface area contributed by atoms with Crippen molar-refractivity contribution in [2.75, 3.05) is 20.6 Å². The average molecular weight is 216 g/mol. The number of nitrogens with one attached hydrogen (secondary N) is 1. The van der Waals surface area contributed by atoms with Crippen LogP contribution in [-0.4, -0.2) is 30.5 Å². The zero-order valence-corrected chi connectivity index (χ0v) is 10.4. The monoisotopic (exact) mass is 216 g/mol. The van der Waals surface area contributed by atoms with E-state index in [-0.39, 0.29) is 0 Å². The Labute approximate surface area is 97.3 Å². The van der Waals surface area contributed by atoms with Crippen molar-refractivity contribution in [1.82, 2.24) is 9.88 Å². The second kappa shape index (κ2) is 4.71. The predicted molar refractivity (Wildman–Crippen MR) is 69.9 cm³/mol. The summed E-state index contributed by atoms with van der Waals surface area (Å²) in [6, 6.07) is 8.73. The van der Waals surface area contributed by atoms with Gasteiger partial charge in [0, 0.05) is 11.2 Å². The fourth-order valence-electron chi connectivity index (χ4n) is 2.09. The molecular formula is C14H20N2. The highest BCUT2D eigenvalue weighted by Gasteiger charge is 2.02. The van der Waals surface area contributed by atoms with Crippen LogP contribution in [0.2, 0.25) is 0 Å². The maximum atomic E-state index is 3.52. The van der Waals surface area contributed by atoms with E-state index in [0.717, 1.165) is 13.0 Å². The maximum Gasteiger partial charge on any atom is 0.0485 e. The molecule has 0 atom stereocenters. The van der Waals surface area contributed by atoms with Crippen molar-refractivity contribution in [3.8, 4) is 0 Å². The van der Waals surface area contributed by atoms with Gasteiger partial charge < -0.3 is 9.88 Å². The first-order valence-electron chi connectivity index (χ1n) is 5.89. The van der Waals surface area contributed by atoms with E-state index in [0.29, 0.717) is 0 Å². The van der Waals surface area contributed by atoms with Gasteiger partial charge in [-0.2, -0.15) is 0 Å². The number of benzene rings is 1. The molecule has 2 heteroatoms. The highest BCUT2D eigenvalue weighted by atomic mass is 15.0. The summed E-state index contributed by atoms with van der Waals surface area (Å²) in [6.45, 7) is 3.30. The zero-order chi connectivity index (χ0) is 11.5. The molecule has 2 rings (SSSR count). The summed E-state index contributed by atoms with van der Waals surface area (Å²) in [5, 5.41) is 1.33. The molecule has 2 nitrogen and oxygen atoms in total. The molecule has 2 aromatic rings. The number of H-pyrrole nitrogens is 1. The number of rotatable bonds is 4. The topological polar surface area (TPSA) is 19.0 Å². The molecule has 1 aromatic heterocycles. The molecular weight excluding hydrogens is 196 g/mol. The first kappa shape index (κ1) is 11.2. The predicted octanol–water partition coefficient (Wildman–Crippen LogP) is 2.97. The van der Waals surface area contributed by atoms with E-state index < -0.39 is 0 Å². The van der Waals surface area contributed by atoms with Gasteiger partial charge in [-0.25, -0.2) is 0 Å². The minimum absolute atomic E-state index is 1.13. The molecule has 86 valence electrons. The molecule has 1 aromatic carbocycles. The third-order valence-electron chi connectivity index (χ3n) is 2.97. The molecule has 0 aliphatic carbocycles. The minimum atomic E-state index is 1.13. The molecule has 1 heterocycles. The molecule has 1 N–H and O–H groups in total. The van der Waals surface area contributed by atoms with E-state index in [1.807, 2.05) is 0 Å². The smallest absolute Gasteiger partial charge is 0.0485 e. The van der Waals surface area contributed by atoms with Crippen LogP contribution in [0.15, 0.2) is 24.3 Å². The molecule has 0 saturated carbocycles. The molecule has 0 spiro atoms. The quantitative estimate of drug-likeness (QED) is 0.832. The van der Waals surface area contributed by atoms with Gasteiger partial charge >= 0.3 is 0 Å². The van der Waals surface area contributed by atoms with Crippen molar-refractivity contribution in [3.05, 3.63) is 35.5 Å². The van der Waals surface area contributed by atoms with Gasteiger partial charge in [-0.1, -0.05) is 18.2 Å². The molecule has 0 amide bonds. The Morgan fingerprint density at radius 1 is 1.25 bits per heavy atom. The third-order valence-corrected chi connectivity index (χ3v) is 2.97. The van der Waals surface area contributed by atoms with Crippen LogP contribution < -0.4 is 0 Å². The van der Waals surface area contributed by atoms with Crippen molar-refractivity contribution in [2.45, 2.75) is 19.8 Å². The summed E-state index contributed by atoms with van der Waals surface area (Å²) in [5.41, 5.74) is 3.98. The van der Waals surface area contributed by atoms with E-state index in [4.69, 9.17) is 0 Å². The minimum Gasteiger partial charge on any atom is -0.358 e. The summed E-state index contributed by atoms with van der Waals surface area (Å²) in [5.74, 6) is 0. The van der Waals surface area contributed by atoms with Gasteiger partial charge in [-0.3, -0.25) is 0 Å².